The second-order valence-electron chi connectivity index (χ2n) is 5.29. The molecule has 5 heteroatoms. The molecule has 0 spiro atoms. The molecule has 3 N–H and O–H groups in total. The minimum Gasteiger partial charge on any atom is -0.507 e. The highest BCUT2D eigenvalue weighted by Crippen LogP contribution is 2.26. The number of imidazole rings is 1. The van der Waals surface area contributed by atoms with Gasteiger partial charge in [-0.1, -0.05) is 30.3 Å². The van der Waals surface area contributed by atoms with E-state index in [1.54, 1.807) is 12.3 Å². The Morgan fingerprint density at radius 3 is 2.70 bits per heavy atom. The molecular formula is C18H13N3OS. The molecule has 0 atom stereocenters. The molecule has 1 aromatic heterocycles. The van der Waals surface area contributed by atoms with Crippen molar-refractivity contribution in [3.63, 3.8) is 0 Å². The fourth-order valence-electron chi connectivity index (χ4n) is 2.66. The van der Waals surface area contributed by atoms with E-state index < -0.39 is 0 Å². The van der Waals surface area contributed by atoms with Crippen molar-refractivity contribution in [2.24, 2.45) is 4.99 Å². The summed E-state index contributed by atoms with van der Waals surface area (Å²) in [5.74, 6) is 0.217. The van der Waals surface area contributed by atoms with Gasteiger partial charge in [0.05, 0.1) is 16.7 Å². The Bertz CT molecular complexity index is 1110. The van der Waals surface area contributed by atoms with Gasteiger partial charge in [0, 0.05) is 11.8 Å². The fourth-order valence-corrected chi connectivity index (χ4v) is 2.88. The van der Waals surface area contributed by atoms with Crippen molar-refractivity contribution in [1.29, 1.82) is 0 Å². The standard InChI is InChI=1S/C18H13N3OS/c22-17-8-5-11-3-1-2-4-13(11)14(17)10-19-12-6-7-15-16(9-12)21-18(23)20-15/h1-10,22H,(H2,20,21,23). The highest BCUT2D eigenvalue weighted by atomic mass is 32.1. The van der Waals surface area contributed by atoms with Gasteiger partial charge in [-0.25, -0.2) is 0 Å². The number of hydrogen-bond donors (Lipinski definition) is 3. The molecule has 0 unspecified atom stereocenters. The Hall–Kier alpha value is -2.92. The van der Waals surface area contributed by atoms with Crippen LogP contribution in [0, 0.1) is 4.77 Å². The van der Waals surface area contributed by atoms with E-state index in [2.05, 4.69) is 15.0 Å². The molecule has 0 aliphatic heterocycles. The summed E-state index contributed by atoms with van der Waals surface area (Å²) in [7, 11) is 0. The zero-order chi connectivity index (χ0) is 15.8. The SMILES string of the molecule is Oc1ccc2ccccc2c1C=Nc1ccc2[nH]c(=S)[nH]c2c1. The predicted octanol–water partition coefficient (Wildman–Crippen LogP) is 4.83. The van der Waals surface area contributed by atoms with Crippen LogP contribution < -0.4 is 0 Å². The summed E-state index contributed by atoms with van der Waals surface area (Å²) in [6, 6.07) is 17.2. The van der Waals surface area contributed by atoms with Gasteiger partial charge in [-0.3, -0.25) is 4.99 Å². The maximum absolute atomic E-state index is 10.1. The third kappa shape index (κ3) is 2.51. The maximum Gasteiger partial charge on any atom is 0.175 e. The molecule has 112 valence electrons. The molecule has 1 heterocycles. The first kappa shape index (κ1) is 13.7. The topological polar surface area (TPSA) is 64.2 Å². The minimum absolute atomic E-state index is 0.217. The lowest BCUT2D eigenvalue weighted by Gasteiger charge is -2.04. The van der Waals surface area contributed by atoms with Crippen molar-refractivity contribution in [3.8, 4) is 5.75 Å². The van der Waals surface area contributed by atoms with Crippen LogP contribution in [0.1, 0.15) is 5.56 Å². The van der Waals surface area contributed by atoms with Gasteiger partial charge in [0.2, 0.25) is 0 Å². The largest absolute Gasteiger partial charge is 0.507 e. The molecule has 0 aliphatic rings. The highest BCUT2D eigenvalue weighted by molar-refractivity contribution is 7.71. The molecule has 23 heavy (non-hydrogen) atoms. The molecule has 0 radical (unpaired) electrons. The Labute approximate surface area is 137 Å². The van der Waals surface area contributed by atoms with Gasteiger partial charge in [-0.05, 0) is 47.3 Å². The first-order valence-corrected chi connectivity index (χ1v) is 7.58. The number of aromatic hydroxyl groups is 1. The molecule has 4 nitrogen and oxygen atoms in total. The van der Waals surface area contributed by atoms with E-state index in [0.717, 1.165) is 27.5 Å². The highest BCUT2D eigenvalue weighted by Gasteiger charge is 2.04. The zero-order valence-electron chi connectivity index (χ0n) is 12.1. The quantitative estimate of drug-likeness (QED) is 0.366. The van der Waals surface area contributed by atoms with Gasteiger partial charge in [0.15, 0.2) is 4.77 Å². The lowest BCUT2D eigenvalue weighted by molar-refractivity contribution is 0.475. The van der Waals surface area contributed by atoms with E-state index in [1.807, 2.05) is 48.5 Å². The smallest absolute Gasteiger partial charge is 0.175 e. The molecule has 0 bridgehead atoms. The van der Waals surface area contributed by atoms with Crippen molar-refractivity contribution in [1.82, 2.24) is 9.97 Å². The Kier molecular flexibility index (Phi) is 3.20. The van der Waals surface area contributed by atoms with Crippen LogP contribution in [-0.2, 0) is 0 Å². The second kappa shape index (κ2) is 5.37. The summed E-state index contributed by atoms with van der Waals surface area (Å²) in [4.78, 5) is 10.6. The molecule has 0 aliphatic carbocycles. The number of phenolic OH excluding ortho intramolecular Hbond substituents is 1. The molecule has 4 aromatic rings. The average molecular weight is 319 g/mol. The first-order chi connectivity index (χ1) is 11.2. The van der Waals surface area contributed by atoms with E-state index in [1.165, 1.54) is 0 Å². The van der Waals surface area contributed by atoms with Crippen molar-refractivity contribution in [3.05, 3.63) is 64.9 Å². The first-order valence-electron chi connectivity index (χ1n) is 7.17. The Morgan fingerprint density at radius 2 is 1.78 bits per heavy atom. The van der Waals surface area contributed by atoms with Crippen molar-refractivity contribution < 1.29 is 5.11 Å². The third-order valence-corrected chi connectivity index (χ3v) is 3.99. The van der Waals surface area contributed by atoms with Crippen LogP contribution in [-0.4, -0.2) is 21.3 Å². The Balaban J connectivity index is 1.80. The van der Waals surface area contributed by atoms with Gasteiger partial charge in [-0.2, -0.15) is 0 Å². The number of aromatic nitrogens is 2. The minimum atomic E-state index is 0.217. The predicted molar refractivity (Wildman–Crippen MR) is 96.4 cm³/mol. The summed E-state index contributed by atoms with van der Waals surface area (Å²) < 4.78 is 0.591. The fraction of sp³-hybridized carbons (Fsp3) is 0. The van der Waals surface area contributed by atoms with Gasteiger partial charge < -0.3 is 15.1 Å². The summed E-state index contributed by atoms with van der Waals surface area (Å²) in [5, 5.41) is 12.2. The number of aromatic amines is 2. The van der Waals surface area contributed by atoms with Crippen molar-refractivity contribution in [2.45, 2.75) is 0 Å². The maximum atomic E-state index is 10.1. The Morgan fingerprint density at radius 1 is 0.957 bits per heavy atom. The number of fused-ring (bicyclic) bond motifs is 2. The zero-order valence-corrected chi connectivity index (χ0v) is 12.9. The molecular weight excluding hydrogens is 306 g/mol. The number of rotatable bonds is 2. The van der Waals surface area contributed by atoms with E-state index in [0.29, 0.717) is 10.3 Å². The van der Waals surface area contributed by atoms with Crippen LogP contribution >= 0.6 is 12.2 Å². The van der Waals surface area contributed by atoms with E-state index in [-0.39, 0.29) is 5.75 Å². The van der Waals surface area contributed by atoms with Crippen LogP contribution in [0.5, 0.6) is 5.75 Å². The monoisotopic (exact) mass is 319 g/mol. The lowest BCUT2D eigenvalue weighted by atomic mass is 10.0. The van der Waals surface area contributed by atoms with Gasteiger partial charge >= 0.3 is 0 Å². The molecule has 0 saturated heterocycles. The number of nitrogens with zero attached hydrogens (tertiary/aromatic N) is 1. The number of H-pyrrole nitrogens is 2. The number of hydrogen-bond acceptors (Lipinski definition) is 3. The van der Waals surface area contributed by atoms with Gasteiger partial charge in [0.1, 0.15) is 5.75 Å². The van der Waals surface area contributed by atoms with Crippen LogP contribution in [0.3, 0.4) is 0 Å². The molecule has 0 saturated carbocycles. The van der Waals surface area contributed by atoms with Gasteiger partial charge in [-0.15, -0.1) is 0 Å². The number of aliphatic imine (C=N–C) groups is 1. The number of nitrogens with one attached hydrogen (secondary N) is 2. The molecule has 4 rings (SSSR count). The molecule has 0 fully saturated rings. The third-order valence-electron chi connectivity index (χ3n) is 3.79. The van der Waals surface area contributed by atoms with Crippen LogP contribution in [0.2, 0.25) is 0 Å². The van der Waals surface area contributed by atoms with Crippen molar-refractivity contribution in [2.75, 3.05) is 0 Å². The summed E-state index contributed by atoms with van der Waals surface area (Å²) in [6.45, 7) is 0. The van der Waals surface area contributed by atoms with Crippen LogP contribution in [0.25, 0.3) is 21.8 Å². The summed E-state index contributed by atoms with van der Waals surface area (Å²) >= 11 is 5.08. The van der Waals surface area contributed by atoms with Crippen LogP contribution in [0.15, 0.2) is 59.6 Å². The molecule has 3 aromatic carbocycles. The number of phenols is 1. The van der Waals surface area contributed by atoms with Crippen LogP contribution in [0.4, 0.5) is 5.69 Å². The number of benzene rings is 3. The van der Waals surface area contributed by atoms with Gasteiger partial charge in [0.25, 0.3) is 0 Å². The normalized spacial score (nSPS) is 11.7. The van der Waals surface area contributed by atoms with E-state index in [9.17, 15) is 5.11 Å². The lowest BCUT2D eigenvalue weighted by Crippen LogP contribution is -1.85. The summed E-state index contributed by atoms with van der Waals surface area (Å²) in [6.07, 6.45) is 1.69. The molecule has 0 amide bonds. The second-order valence-corrected chi connectivity index (χ2v) is 5.69. The average Bonchev–Trinajstić information content (AvgIpc) is 2.93. The van der Waals surface area contributed by atoms with E-state index in [4.69, 9.17) is 12.2 Å². The van der Waals surface area contributed by atoms with Crippen molar-refractivity contribution >= 4 is 45.9 Å². The van der Waals surface area contributed by atoms with E-state index >= 15 is 0 Å². The summed E-state index contributed by atoms with van der Waals surface area (Å²) in [5.41, 5.74) is 3.36.